The van der Waals surface area contributed by atoms with Crippen molar-refractivity contribution >= 4 is 35.0 Å². The maximum Gasteiger partial charge on any atom is 0.248 e. The third-order valence-corrected chi connectivity index (χ3v) is 4.76. The number of ether oxygens (including phenoxy) is 2. The minimum Gasteiger partial charge on any atom is -0.493 e. The Morgan fingerprint density at radius 3 is 2.69 bits per heavy atom. The van der Waals surface area contributed by atoms with Crippen molar-refractivity contribution in [1.82, 2.24) is 9.97 Å². The SMILES string of the molecule is COc1cc(/C=C/C(=O)Nc2ccccc2C=O)ccc1OCc1nc2ccccc2[nH]1. The van der Waals surface area contributed by atoms with Crippen molar-refractivity contribution in [2.45, 2.75) is 6.61 Å². The first kappa shape index (κ1) is 20.9. The summed E-state index contributed by atoms with van der Waals surface area (Å²) in [6.45, 7) is 0.263. The van der Waals surface area contributed by atoms with Gasteiger partial charge in [-0.1, -0.05) is 30.3 Å². The highest BCUT2D eigenvalue weighted by molar-refractivity contribution is 6.04. The molecule has 1 amide bonds. The number of methoxy groups -OCH3 is 1. The monoisotopic (exact) mass is 427 g/mol. The van der Waals surface area contributed by atoms with Crippen molar-refractivity contribution in [3.8, 4) is 11.5 Å². The van der Waals surface area contributed by atoms with Crippen LogP contribution in [0.1, 0.15) is 21.7 Å². The molecule has 0 aliphatic rings. The highest BCUT2D eigenvalue weighted by atomic mass is 16.5. The lowest BCUT2D eigenvalue weighted by Crippen LogP contribution is -2.09. The molecule has 32 heavy (non-hydrogen) atoms. The Morgan fingerprint density at radius 2 is 1.88 bits per heavy atom. The van der Waals surface area contributed by atoms with Gasteiger partial charge in [0.1, 0.15) is 12.4 Å². The molecule has 0 saturated carbocycles. The summed E-state index contributed by atoms with van der Waals surface area (Å²) < 4.78 is 11.3. The summed E-state index contributed by atoms with van der Waals surface area (Å²) in [5.74, 6) is 1.47. The van der Waals surface area contributed by atoms with E-state index in [9.17, 15) is 9.59 Å². The summed E-state index contributed by atoms with van der Waals surface area (Å²) in [5, 5.41) is 2.70. The number of aromatic amines is 1. The fraction of sp³-hybridized carbons (Fsp3) is 0.0800. The van der Waals surface area contributed by atoms with Gasteiger partial charge in [0.2, 0.25) is 5.91 Å². The molecule has 1 aromatic heterocycles. The Bertz CT molecular complexity index is 1260. The van der Waals surface area contributed by atoms with E-state index in [-0.39, 0.29) is 12.5 Å². The van der Waals surface area contributed by atoms with Gasteiger partial charge in [-0.15, -0.1) is 0 Å². The van der Waals surface area contributed by atoms with Crippen molar-refractivity contribution in [3.05, 3.63) is 89.8 Å². The number of imidazole rings is 1. The van der Waals surface area contributed by atoms with Crippen molar-refractivity contribution in [2.24, 2.45) is 0 Å². The number of aldehydes is 1. The van der Waals surface area contributed by atoms with Gasteiger partial charge in [0.05, 0.1) is 23.8 Å². The second-order valence-corrected chi connectivity index (χ2v) is 6.93. The van der Waals surface area contributed by atoms with Crippen molar-refractivity contribution in [2.75, 3.05) is 12.4 Å². The molecule has 0 unspecified atom stereocenters. The lowest BCUT2D eigenvalue weighted by Gasteiger charge is -2.10. The van der Waals surface area contributed by atoms with E-state index in [2.05, 4.69) is 15.3 Å². The molecule has 0 aliphatic carbocycles. The summed E-state index contributed by atoms with van der Waals surface area (Å²) in [5.41, 5.74) is 3.47. The molecular weight excluding hydrogens is 406 g/mol. The molecule has 0 spiro atoms. The van der Waals surface area contributed by atoms with E-state index in [4.69, 9.17) is 9.47 Å². The van der Waals surface area contributed by atoms with Crippen LogP contribution >= 0.6 is 0 Å². The molecule has 0 radical (unpaired) electrons. The number of benzene rings is 3. The Hall–Kier alpha value is -4.39. The Balaban J connectivity index is 1.42. The van der Waals surface area contributed by atoms with Crippen LogP contribution in [0.3, 0.4) is 0 Å². The van der Waals surface area contributed by atoms with E-state index in [1.165, 1.54) is 6.08 Å². The first-order valence-corrected chi connectivity index (χ1v) is 9.94. The summed E-state index contributed by atoms with van der Waals surface area (Å²) in [7, 11) is 1.56. The highest BCUT2D eigenvalue weighted by Gasteiger charge is 2.08. The van der Waals surface area contributed by atoms with Gasteiger partial charge in [-0.05, 0) is 48.0 Å². The fourth-order valence-corrected chi connectivity index (χ4v) is 3.19. The predicted octanol–water partition coefficient (Wildman–Crippen LogP) is 4.61. The number of fused-ring (bicyclic) bond motifs is 1. The van der Waals surface area contributed by atoms with Gasteiger partial charge in [-0.25, -0.2) is 4.98 Å². The van der Waals surface area contributed by atoms with Crippen molar-refractivity contribution in [3.63, 3.8) is 0 Å². The number of carbonyl (C=O) groups is 2. The average molecular weight is 427 g/mol. The third kappa shape index (κ3) is 4.84. The zero-order chi connectivity index (χ0) is 22.3. The standard InChI is InChI=1S/C25H21N3O4/c1-31-23-14-17(11-13-25(30)28-19-7-3-2-6-18(19)15-29)10-12-22(23)32-16-24-26-20-8-4-5-9-21(20)27-24/h2-15H,16H2,1H3,(H,26,27)(H,28,30)/b13-11+. The quantitative estimate of drug-likeness (QED) is 0.316. The lowest BCUT2D eigenvalue weighted by atomic mass is 10.1. The van der Waals surface area contributed by atoms with Gasteiger partial charge < -0.3 is 19.8 Å². The van der Waals surface area contributed by atoms with E-state index in [0.29, 0.717) is 34.9 Å². The lowest BCUT2D eigenvalue weighted by molar-refractivity contribution is -0.111. The maximum atomic E-state index is 12.2. The van der Waals surface area contributed by atoms with Crippen LogP contribution < -0.4 is 14.8 Å². The van der Waals surface area contributed by atoms with Gasteiger partial charge in [0, 0.05) is 11.6 Å². The molecule has 7 heteroatoms. The number of hydrogen-bond acceptors (Lipinski definition) is 5. The van der Waals surface area contributed by atoms with E-state index >= 15 is 0 Å². The van der Waals surface area contributed by atoms with Crippen LogP contribution in [0.25, 0.3) is 17.1 Å². The number of amides is 1. The molecule has 0 aliphatic heterocycles. The molecule has 0 saturated heterocycles. The second kappa shape index (κ2) is 9.61. The second-order valence-electron chi connectivity index (χ2n) is 6.93. The van der Waals surface area contributed by atoms with Gasteiger partial charge in [0.25, 0.3) is 0 Å². The van der Waals surface area contributed by atoms with Gasteiger partial charge in [-0.3, -0.25) is 9.59 Å². The molecule has 1 heterocycles. The number of para-hydroxylation sites is 3. The topological polar surface area (TPSA) is 93.3 Å². The van der Waals surface area contributed by atoms with Gasteiger partial charge >= 0.3 is 0 Å². The van der Waals surface area contributed by atoms with E-state index < -0.39 is 0 Å². The molecule has 0 fully saturated rings. The van der Waals surface area contributed by atoms with Gasteiger partial charge in [0.15, 0.2) is 17.8 Å². The number of H-pyrrole nitrogens is 1. The molecule has 160 valence electrons. The van der Waals surface area contributed by atoms with Crippen LogP contribution in [0, 0.1) is 0 Å². The summed E-state index contributed by atoms with van der Waals surface area (Å²) >= 11 is 0. The van der Waals surface area contributed by atoms with Crippen LogP contribution in [0.2, 0.25) is 0 Å². The summed E-state index contributed by atoms with van der Waals surface area (Å²) in [4.78, 5) is 31.0. The zero-order valence-electron chi connectivity index (χ0n) is 17.4. The van der Waals surface area contributed by atoms with E-state index in [1.54, 1.807) is 49.6 Å². The Morgan fingerprint density at radius 1 is 1.06 bits per heavy atom. The van der Waals surface area contributed by atoms with Gasteiger partial charge in [-0.2, -0.15) is 0 Å². The van der Waals surface area contributed by atoms with Crippen LogP contribution in [0.15, 0.2) is 72.8 Å². The number of rotatable bonds is 8. The Kier molecular flexibility index (Phi) is 6.27. The maximum absolute atomic E-state index is 12.2. The number of carbonyl (C=O) groups excluding carboxylic acids is 2. The van der Waals surface area contributed by atoms with Crippen LogP contribution in [0.4, 0.5) is 5.69 Å². The normalized spacial score (nSPS) is 10.9. The largest absolute Gasteiger partial charge is 0.493 e. The zero-order valence-corrected chi connectivity index (χ0v) is 17.4. The summed E-state index contributed by atoms with van der Waals surface area (Å²) in [6.07, 6.45) is 3.75. The Labute approximate surface area is 184 Å². The third-order valence-electron chi connectivity index (χ3n) is 4.76. The van der Waals surface area contributed by atoms with Crippen LogP contribution in [-0.4, -0.2) is 29.3 Å². The number of aromatic nitrogens is 2. The number of anilines is 1. The molecule has 4 rings (SSSR count). The van der Waals surface area contributed by atoms with Crippen molar-refractivity contribution < 1.29 is 19.1 Å². The smallest absolute Gasteiger partial charge is 0.248 e. The molecule has 7 nitrogen and oxygen atoms in total. The first-order valence-electron chi connectivity index (χ1n) is 9.94. The van der Waals surface area contributed by atoms with Crippen LogP contribution in [-0.2, 0) is 11.4 Å². The van der Waals surface area contributed by atoms with Crippen LogP contribution in [0.5, 0.6) is 11.5 Å². The van der Waals surface area contributed by atoms with E-state index in [1.807, 2.05) is 30.3 Å². The number of nitrogens with one attached hydrogen (secondary N) is 2. The van der Waals surface area contributed by atoms with Crippen molar-refractivity contribution in [1.29, 1.82) is 0 Å². The number of hydrogen-bond donors (Lipinski definition) is 2. The van der Waals surface area contributed by atoms with E-state index in [0.717, 1.165) is 16.6 Å². The molecule has 2 N–H and O–H groups in total. The minimum absolute atomic E-state index is 0.263. The first-order chi connectivity index (χ1) is 15.7. The fourth-order valence-electron chi connectivity index (χ4n) is 3.19. The average Bonchev–Trinajstić information content (AvgIpc) is 3.25. The predicted molar refractivity (Wildman–Crippen MR) is 123 cm³/mol. The molecule has 4 aromatic rings. The molecule has 0 atom stereocenters. The molecule has 0 bridgehead atoms. The minimum atomic E-state index is -0.344. The molecular formula is C25H21N3O4. The summed E-state index contributed by atoms with van der Waals surface area (Å²) in [6, 6.07) is 19.9. The highest BCUT2D eigenvalue weighted by Crippen LogP contribution is 2.29. The molecule has 3 aromatic carbocycles. The number of nitrogens with zero attached hydrogens (tertiary/aromatic N) is 1.